The summed E-state index contributed by atoms with van der Waals surface area (Å²) in [5, 5.41) is 0. The first-order valence-corrected chi connectivity index (χ1v) is 11.4. The van der Waals surface area contributed by atoms with E-state index in [0.717, 1.165) is 27.6 Å². The van der Waals surface area contributed by atoms with Crippen molar-refractivity contribution in [2.75, 3.05) is 0 Å². The van der Waals surface area contributed by atoms with Crippen molar-refractivity contribution in [3.63, 3.8) is 0 Å². The van der Waals surface area contributed by atoms with Gasteiger partial charge in [-0.1, -0.05) is 33.6 Å². The molecule has 0 amide bonds. The first-order chi connectivity index (χ1) is 11.4. The molecule has 0 spiro atoms. The summed E-state index contributed by atoms with van der Waals surface area (Å²) < 4.78 is 0. The van der Waals surface area contributed by atoms with Gasteiger partial charge in [0.25, 0.3) is 0 Å². The molecule has 0 aromatic heterocycles. The predicted molar refractivity (Wildman–Crippen MR) is 104 cm³/mol. The van der Waals surface area contributed by atoms with Crippen LogP contribution in [0.2, 0.25) is 0 Å². The zero-order valence-electron chi connectivity index (χ0n) is 16.9. The minimum absolute atomic E-state index is 0.744. The van der Waals surface area contributed by atoms with Crippen LogP contribution in [0.5, 0.6) is 0 Å². The highest BCUT2D eigenvalue weighted by atomic mass is 14.5. The third kappa shape index (κ3) is 2.99. The Labute approximate surface area is 151 Å². The molecule has 0 unspecified atom stereocenters. The summed E-state index contributed by atoms with van der Waals surface area (Å²) in [6.45, 7) is 7.52. The van der Waals surface area contributed by atoms with Crippen LogP contribution in [0.3, 0.4) is 0 Å². The first kappa shape index (κ1) is 17.4. The van der Waals surface area contributed by atoms with Gasteiger partial charge >= 0.3 is 0 Å². The van der Waals surface area contributed by atoms with Gasteiger partial charge < -0.3 is 0 Å². The molecule has 6 aliphatic carbocycles. The number of hydrogen-bond donors (Lipinski definition) is 0. The maximum atomic E-state index is 2.55. The summed E-state index contributed by atoms with van der Waals surface area (Å²) in [4.78, 5) is 0. The molecule has 0 nitrogen and oxygen atoms in total. The molecule has 0 saturated heterocycles. The Morgan fingerprint density at radius 1 is 0.583 bits per heavy atom. The summed E-state index contributed by atoms with van der Waals surface area (Å²) in [6.07, 6.45) is 24.8. The molecule has 0 heteroatoms. The Balaban J connectivity index is 1.23. The normalized spacial score (nSPS) is 47.5. The molecule has 6 fully saturated rings. The molecular formula is C24H42. The van der Waals surface area contributed by atoms with Crippen LogP contribution in [0.4, 0.5) is 0 Å². The fourth-order valence-electron chi connectivity index (χ4n) is 7.36. The van der Waals surface area contributed by atoms with Crippen molar-refractivity contribution in [1.29, 1.82) is 0 Å². The van der Waals surface area contributed by atoms with E-state index in [2.05, 4.69) is 20.8 Å². The van der Waals surface area contributed by atoms with Crippen molar-refractivity contribution in [3.05, 3.63) is 0 Å². The molecule has 0 atom stereocenters. The summed E-state index contributed by atoms with van der Waals surface area (Å²) >= 11 is 0. The second-order valence-electron chi connectivity index (χ2n) is 11.5. The van der Waals surface area contributed by atoms with Gasteiger partial charge in [-0.2, -0.15) is 0 Å². The zero-order valence-corrected chi connectivity index (χ0v) is 16.9. The maximum absolute atomic E-state index is 2.55. The van der Waals surface area contributed by atoms with Crippen LogP contribution < -0.4 is 0 Å². The molecule has 0 aromatic rings. The van der Waals surface area contributed by atoms with Crippen molar-refractivity contribution in [2.45, 2.75) is 124 Å². The molecule has 24 heavy (non-hydrogen) atoms. The average Bonchev–Trinajstić information content (AvgIpc) is 2.62. The fraction of sp³-hybridized carbons (Fsp3) is 1.00. The third-order valence-electron chi connectivity index (χ3n) is 10.1. The smallest absolute Gasteiger partial charge is 0.0274 e. The van der Waals surface area contributed by atoms with Gasteiger partial charge in [0.1, 0.15) is 0 Å². The number of rotatable bonds is 6. The molecule has 4 bridgehead atoms. The van der Waals surface area contributed by atoms with Crippen molar-refractivity contribution in [1.82, 2.24) is 0 Å². The Bertz CT molecular complexity index is 408. The van der Waals surface area contributed by atoms with E-state index in [0.29, 0.717) is 0 Å². The lowest BCUT2D eigenvalue weighted by Gasteiger charge is -2.56. The van der Waals surface area contributed by atoms with Crippen LogP contribution in [0.1, 0.15) is 124 Å². The summed E-state index contributed by atoms with van der Waals surface area (Å²) in [5.41, 5.74) is 3.07. The molecule has 6 rings (SSSR count). The summed E-state index contributed by atoms with van der Waals surface area (Å²) in [6, 6.07) is 0. The minimum atomic E-state index is 0.744. The van der Waals surface area contributed by atoms with Gasteiger partial charge in [-0.25, -0.2) is 0 Å². The first-order valence-electron chi connectivity index (χ1n) is 11.4. The Morgan fingerprint density at radius 3 is 1.33 bits per heavy atom. The van der Waals surface area contributed by atoms with Crippen LogP contribution in [0.15, 0.2) is 0 Å². The predicted octanol–water partition coefficient (Wildman–Crippen LogP) is 7.90. The Kier molecular flexibility index (Phi) is 4.37. The topological polar surface area (TPSA) is 0 Å². The lowest BCUT2D eigenvalue weighted by molar-refractivity contribution is -0.0451. The van der Waals surface area contributed by atoms with Crippen molar-refractivity contribution < 1.29 is 0 Å². The maximum Gasteiger partial charge on any atom is -0.0274 e. The lowest BCUT2D eigenvalue weighted by Crippen LogP contribution is -2.44. The van der Waals surface area contributed by atoms with Gasteiger partial charge in [0.2, 0.25) is 0 Å². The molecule has 0 aliphatic heterocycles. The van der Waals surface area contributed by atoms with Crippen LogP contribution in [-0.4, -0.2) is 0 Å². The summed E-state index contributed by atoms with van der Waals surface area (Å²) in [5.74, 6) is 0.915. The van der Waals surface area contributed by atoms with Gasteiger partial charge in [0.15, 0.2) is 0 Å². The van der Waals surface area contributed by atoms with E-state index < -0.39 is 0 Å². The molecular weight excluding hydrogens is 288 g/mol. The van der Waals surface area contributed by atoms with Crippen LogP contribution in [0, 0.1) is 27.6 Å². The molecule has 0 heterocycles. The van der Waals surface area contributed by atoms with Crippen molar-refractivity contribution >= 4 is 0 Å². The van der Waals surface area contributed by atoms with Gasteiger partial charge in [-0.15, -0.1) is 0 Å². The van der Waals surface area contributed by atoms with E-state index in [-0.39, 0.29) is 0 Å². The molecule has 138 valence electrons. The van der Waals surface area contributed by atoms with Crippen molar-refractivity contribution in [3.8, 4) is 0 Å². The highest BCUT2D eigenvalue weighted by Gasteiger charge is 2.49. The standard InChI is InChI=1S/C24H42/c1-20(2)24-17-14-23(15-18-24,16-19-24)7-5-4-6-22-11-8-21(3,9-12-22)10-13-22/h20H,4-19H2,1-3H3. The average molecular weight is 331 g/mol. The Morgan fingerprint density at radius 2 is 0.958 bits per heavy atom. The highest BCUT2D eigenvalue weighted by Crippen LogP contribution is 2.62. The molecule has 0 aromatic carbocycles. The minimum Gasteiger partial charge on any atom is -0.0622 e. The Hall–Kier alpha value is 0. The second-order valence-corrected chi connectivity index (χ2v) is 11.5. The van der Waals surface area contributed by atoms with Crippen LogP contribution >= 0.6 is 0 Å². The van der Waals surface area contributed by atoms with E-state index in [1.165, 1.54) is 32.1 Å². The van der Waals surface area contributed by atoms with E-state index in [1.54, 1.807) is 70.6 Å². The lowest BCUT2D eigenvalue weighted by atomic mass is 9.49. The number of fused-ring (bicyclic) bond motifs is 6. The monoisotopic (exact) mass is 330 g/mol. The largest absolute Gasteiger partial charge is 0.0622 e. The van der Waals surface area contributed by atoms with Gasteiger partial charge in [0, 0.05) is 0 Å². The molecule has 0 N–H and O–H groups in total. The summed E-state index contributed by atoms with van der Waals surface area (Å²) in [7, 11) is 0. The fourth-order valence-corrected chi connectivity index (χ4v) is 7.36. The van der Waals surface area contributed by atoms with E-state index >= 15 is 0 Å². The van der Waals surface area contributed by atoms with Gasteiger partial charge in [-0.05, 0) is 117 Å². The van der Waals surface area contributed by atoms with Gasteiger partial charge in [0.05, 0.1) is 0 Å². The van der Waals surface area contributed by atoms with Crippen LogP contribution in [-0.2, 0) is 0 Å². The second kappa shape index (κ2) is 6.02. The van der Waals surface area contributed by atoms with Gasteiger partial charge in [-0.3, -0.25) is 0 Å². The molecule has 0 radical (unpaired) electrons. The SMILES string of the molecule is CC(C)C12CCC(CCCCC34CCC(C)(CC3)CC4)(CC1)CC2. The number of hydrogen-bond acceptors (Lipinski definition) is 0. The highest BCUT2D eigenvalue weighted by molar-refractivity contribution is 5.01. The van der Waals surface area contributed by atoms with E-state index in [9.17, 15) is 0 Å². The van der Waals surface area contributed by atoms with Crippen LogP contribution in [0.25, 0.3) is 0 Å². The zero-order chi connectivity index (χ0) is 16.9. The molecule has 6 saturated carbocycles. The quantitative estimate of drug-likeness (QED) is 0.434. The van der Waals surface area contributed by atoms with E-state index in [4.69, 9.17) is 0 Å². The number of unbranched alkanes of at least 4 members (excludes halogenated alkanes) is 1. The third-order valence-corrected chi connectivity index (χ3v) is 10.1. The van der Waals surface area contributed by atoms with Crippen molar-refractivity contribution in [2.24, 2.45) is 27.6 Å². The molecule has 6 aliphatic rings. The van der Waals surface area contributed by atoms with E-state index in [1.807, 2.05) is 0 Å².